The lowest BCUT2D eigenvalue weighted by atomic mass is 10.2. The van der Waals surface area contributed by atoms with E-state index in [4.69, 9.17) is 19.7 Å². The number of benzene rings is 1. The first-order chi connectivity index (χ1) is 10.8. The molecule has 0 saturated heterocycles. The second-order valence-electron chi connectivity index (χ2n) is 5.05. The summed E-state index contributed by atoms with van der Waals surface area (Å²) in [5.41, 5.74) is 6.56. The molecule has 0 bridgehead atoms. The SMILES string of the molecule is COc1ccc(-c2noc(C(N)CCS(C)(=O)=O)n2)cc1OC. The molecule has 126 valence electrons. The Kier molecular flexibility index (Phi) is 5.22. The van der Waals surface area contributed by atoms with Gasteiger partial charge in [-0.25, -0.2) is 8.42 Å². The van der Waals surface area contributed by atoms with Crippen molar-refractivity contribution in [3.8, 4) is 22.9 Å². The van der Waals surface area contributed by atoms with Gasteiger partial charge < -0.3 is 19.7 Å². The minimum Gasteiger partial charge on any atom is -0.493 e. The van der Waals surface area contributed by atoms with Crippen LogP contribution in [-0.2, 0) is 9.84 Å². The van der Waals surface area contributed by atoms with Gasteiger partial charge in [0.1, 0.15) is 9.84 Å². The van der Waals surface area contributed by atoms with Crippen molar-refractivity contribution in [3.05, 3.63) is 24.1 Å². The van der Waals surface area contributed by atoms with Crippen LogP contribution in [0.25, 0.3) is 11.4 Å². The van der Waals surface area contributed by atoms with Crippen molar-refractivity contribution in [1.82, 2.24) is 10.1 Å². The summed E-state index contributed by atoms with van der Waals surface area (Å²) in [6, 6.07) is 4.58. The van der Waals surface area contributed by atoms with Gasteiger partial charge in [0.15, 0.2) is 11.5 Å². The number of nitrogens with zero attached hydrogens (tertiary/aromatic N) is 2. The van der Waals surface area contributed by atoms with Crippen molar-refractivity contribution in [1.29, 1.82) is 0 Å². The molecule has 2 aromatic rings. The van der Waals surface area contributed by atoms with Crippen LogP contribution in [-0.4, -0.2) is 44.8 Å². The maximum atomic E-state index is 11.2. The van der Waals surface area contributed by atoms with Gasteiger partial charge >= 0.3 is 0 Å². The smallest absolute Gasteiger partial charge is 0.243 e. The van der Waals surface area contributed by atoms with E-state index in [-0.39, 0.29) is 18.1 Å². The summed E-state index contributed by atoms with van der Waals surface area (Å²) in [7, 11) is -0.0110. The van der Waals surface area contributed by atoms with Crippen LogP contribution in [0.5, 0.6) is 11.5 Å². The fourth-order valence-electron chi connectivity index (χ4n) is 1.94. The molecule has 0 spiro atoms. The molecule has 0 aliphatic carbocycles. The van der Waals surface area contributed by atoms with E-state index in [9.17, 15) is 8.42 Å². The zero-order chi connectivity index (χ0) is 17.0. The number of aromatic nitrogens is 2. The first kappa shape index (κ1) is 17.2. The van der Waals surface area contributed by atoms with E-state index in [0.29, 0.717) is 22.9 Å². The molecular weight excluding hydrogens is 322 g/mol. The van der Waals surface area contributed by atoms with Crippen molar-refractivity contribution in [3.63, 3.8) is 0 Å². The number of hydrogen-bond acceptors (Lipinski definition) is 8. The molecule has 2 rings (SSSR count). The highest BCUT2D eigenvalue weighted by Gasteiger charge is 2.18. The first-order valence-corrected chi connectivity index (χ1v) is 8.89. The van der Waals surface area contributed by atoms with Crippen molar-refractivity contribution >= 4 is 9.84 Å². The minimum absolute atomic E-state index is 0.0394. The lowest BCUT2D eigenvalue weighted by molar-refractivity contribution is 0.352. The van der Waals surface area contributed by atoms with Gasteiger partial charge in [0, 0.05) is 11.8 Å². The summed E-state index contributed by atoms with van der Waals surface area (Å²) in [5, 5.41) is 3.87. The molecule has 0 amide bonds. The molecule has 23 heavy (non-hydrogen) atoms. The molecule has 9 heteroatoms. The van der Waals surface area contributed by atoms with E-state index < -0.39 is 15.9 Å². The van der Waals surface area contributed by atoms with E-state index in [1.165, 1.54) is 7.11 Å². The first-order valence-electron chi connectivity index (χ1n) is 6.83. The molecule has 8 nitrogen and oxygen atoms in total. The number of rotatable bonds is 7. The maximum Gasteiger partial charge on any atom is 0.243 e. The molecule has 1 heterocycles. The summed E-state index contributed by atoms with van der Waals surface area (Å²) in [4.78, 5) is 4.22. The third kappa shape index (κ3) is 4.42. The second-order valence-corrected chi connectivity index (χ2v) is 7.31. The van der Waals surface area contributed by atoms with Gasteiger partial charge in [0.05, 0.1) is 26.0 Å². The van der Waals surface area contributed by atoms with Crippen LogP contribution in [0, 0.1) is 0 Å². The molecule has 2 N–H and O–H groups in total. The Bertz CT molecular complexity index is 772. The third-order valence-corrected chi connectivity index (χ3v) is 4.18. The molecule has 1 aromatic carbocycles. The Morgan fingerprint density at radius 3 is 2.57 bits per heavy atom. The number of ether oxygens (including phenoxy) is 2. The van der Waals surface area contributed by atoms with Crippen LogP contribution >= 0.6 is 0 Å². The Hall–Kier alpha value is -2.13. The number of hydrogen-bond donors (Lipinski definition) is 1. The van der Waals surface area contributed by atoms with Crippen molar-refractivity contribution < 1.29 is 22.4 Å². The zero-order valence-electron chi connectivity index (χ0n) is 13.1. The number of nitrogens with two attached hydrogens (primary N) is 1. The highest BCUT2D eigenvalue weighted by Crippen LogP contribution is 2.31. The normalized spacial score (nSPS) is 12.9. The van der Waals surface area contributed by atoms with Crippen LogP contribution < -0.4 is 15.2 Å². The van der Waals surface area contributed by atoms with Crippen LogP contribution in [0.4, 0.5) is 0 Å². The van der Waals surface area contributed by atoms with Crippen LogP contribution in [0.15, 0.2) is 22.7 Å². The maximum absolute atomic E-state index is 11.2. The number of sulfone groups is 1. The van der Waals surface area contributed by atoms with Gasteiger partial charge in [-0.05, 0) is 24.6 Å². The predicted octanol–water partition coefficient (Wildman–Crippen LogP) is 1.19. The van der Waals surface area contributed by atoms with Gasteiger partial charge in [-0.15, -0.1) is 0 Å². The lowest BCUT2D eigenvalue weighted by Gasteiger charge is -2.07. The van der Waals surface area contributed by atoms with Gasteiger partial charge in [0.25, 0.3) is 0 Å². The van der Waals surface area contributed by atoms with E-state index in [1.807, 2.05) is 0 Å². The second kappa shape index (κ2) is 6.97. The van der Waals surface area contributed by atoms with Gasteiger partial charge in [0.2, 0.25) is 11.7 Å². The molecule has 1 atom stereocenters. The van der Waals surface area contributed by atoms with Gasteiger partial charge in [-0.2, -0.15) is 4.98 Å². The van der Waals surface area contributed by atoms with Gasteiger partial charge in [-0.3, -0.25) is 0 Å². The average Bonchev–Trinajstić information content (AvgIpc) is 3.01. The summed E-state index contributed by atoms with van der Waals surface area (Å²) in [6.07, 6.45) is 1.37. The van der Waals surface area contributed by atoms with E-state index in [1.54, 1.807) is 25.3 Å². The predicted molar refractivity (Wildman–Crippen MR) is 84.1 cm³/mol. The van der Waals surface area contributed by atoms with Crippen LogP contribution in [0.1, 0.15) is 18.4 Å². The summed E-state index contributed by atoms with van der Waals surface area (Å²) < 4.78 is 37.9. The van der Waals surface area contributed by atoms with E-state index in [0.717, 1.165) is 6.26 Å². The largest absolute Gasteiger partial charge is 0.493 e. The molecule has 0 radical (unpaired) electrons. The number of methoxy groups -OCH3 is 2. The van der Waals surface area contributed by atoms with Crippen LogP contribution in [0.3, 0.4) is 0 Å². The molecule has 0 aliphatic rings. The van der Waals surface area contributed by atoms with Gasteiger partial charge in [-0.1, -0.05) is 5.16 Å². The summed E-state index contributed by atoms with van der Waals surface area (Å²) in [5.74, 6) is 1.62. The average molecular weight is 341 g/mol. The summed E-state index contributed by atoms with van der Waals surface area (Å²) in [6.45, 7) is 0. The molecule has 1 aromatic heterocycles. The van der Waals surface area contributed by atoms with Crippen molar-refractivity contribution in [2.75, 3.05) is 26.2 Å². The highest BCUT2D eigenvalue weighted by molar-refractivity contribution is 7.90. The quantitative estimate of drug-likeness (QED) is 0.798. The molecular formula is C14H19N3O5S. The fraction of sp³-hybridized carbons (Fsp3) is 0.429. The minimum atomic E-state index is -3.09. The topological polar surface area (TPSA) is 118 Å². The van der Waals surface area contributed by atoms with Crippen molar-refractivity contribution in [2.24, 2.45) is 5.73 Å². The molecule has 0 fully saturated rings. The third-order valence-electron chi connectivity index (χ3n) is 3.20. The van der Waals surface area contributed by atoms with Crippen molar-refractivity contribution in [2.45, 2.75) is 12.5 Å². The fourth-order valence-corrected chi connectivity index (χ4v) is 2.62. The Labute approximate surface area is 134 Å². The van der Waals surface area contributed by atoms with Crippen LogP contribution in [0.2, 0.25) is 0 Å². The molecule has 0 aliphatic heterocycles. The lowest BCUT2D eigenvalue weighted by Crippen LogP contribution is -2.16. The monoisotopic (exact) mass is 341 g/mol. The highest BCUT2D eigenvalue weighted by atomic mass is 32.2. The Morgan fingerprint density at radius 2 is 1.96 bits per heavy atom. The molecule has 0 saturated carbocycles. The Morgan fingerprint density at radius 1 is 1.26 bits per heavy atom. The molecule has 1 unspecified atom stereocenters. The standard InChI is InChI=1S/C14H19N3O5S/c1-20-11-5-4-9(8-12(11)21-2)13-16-14(22-17-13)10(15)6-7-23(3,18)19/h4-5,8,10H,6-7,15H2,1-3H3. The van der Waals surface area contributed by atoms with E-state index in [2.05, 4.69) is 10.1 Å². The summed E-state index contributed by atoms with van der Waals surface area (Å²) >= 11 is 0. The zero-order valence-corrected chi connectivity index (χ0v) is 14.0. The van der Waals surface area contributed by atoms with E-state index >= 15 is 0 Å². The Balaban J connectivity index is 2.18.